The van der Waals surface area contributed by atoms with Gasteiger partial charge in [-0.1, -0.05) is 24.3 Å². The Morgan fingerprint density at radius 3 is 2.43 bits per heavy atom. The van der Waals surface area contributed by atoms with Crippen molar-refractivity contribution in [3.8, 4) is 11.3 Å². The molecular formula is C23H18N2O5. The van der Waals surface area contributed by atoms with Crippen LogP contribution >= 0.6 is 0 Å². The summed E-state index contributed by atoms with van der Waals surface area (Å²) in [6, 6.07) is 9.79. The predicted molar refractivity (Wildman–Crippen MR) is 105 cm³/mol. The average Bonchev–Trinajstić information content (AvgIpc) is 3.03. The largest absolute Gasteiger partial charge is 0.478 e. The minimum Gasteiger partial charge on any atom is -0.478 e. The first-order valence-electron chi connectivity index (χ1n) is 10.0. The van der Waals surface area contributed by atoms with Crippen LogP contribution in [0, 0.1) is 29.1 Å². The van der Waals surface area contributed by atoms with Crippen LogP contribution in [0.2, 0.25) is 0 Å². The lowest BCUT2D eigenvalue weighted by atomic mass is 9.85. The fourth-order valence-electron chi connectivity index (χ4n) is 5.67. The van der Waals surface area contributed by atoms with Crippen LogP contribution in [0.15, 0.2) is 58.1 Å². The van der Waals surface area contributed by atoms with Gasteiger partial charge in [-0.25, -0.2) is 4.79 Å². The van der Waals surface area contributed by atoms with E-state index in [1.165, 1.54) is 18.3 Å². The molecule has 4 aliphatic rings. The summed E-state index contributed by atoms with van der Waals surface area (Å²) in [5.41, 5.74) is 0.946. The van der Waals surface area contributed by atoms with Crippen LogP contribution in [0.5, 0.6) is 0 Å². The van der Waals surface area contributed by atoms with Crippen molar-refractivity contribution < 1.29 is 23.9 Å². The number of fused-ring (bicyclic) bond motifs is 3. The molecule has 2 amide bonds. The third-order valence-electron chi connectivity index (χ3n) is 7.15. The lowest BCUT2D eigenvalue weighted by molar-refractivity contribution is -0.141. The van der Waals surface area contributed by atoms with Crippen LogP contribution in [0.1, 0.15) is 29.0 Å². The molecule has 6 rings (SSSR count). The Hall–Kier alpha value is -3.48. The summed E-state index contributed by atoms with van der Waals surface area (Å²) in [6.07, 6.45) is 7.82. The first-order valence-corrected chi connectivity index (χ1v) is 10.0. The van der Waals surface area contributed by atoms with Crippen molar-refractivity contribution in [1.29, 1.82) is 0 Å². The SMILES string of the molecule is O=C(O)c1cccc(-c2ccc(/C=N\N3C(=O)[C@@H]4[C@@H](C3=O)[C@@H]3C=C[C@@H]4C34CC4)o2)c1. The average molecular weight is 402 g/mol. The van der Waals surface area contributed by atoms with E-state index in [0.29, 0.717) is 17.1 Å². The van der Waals surface area contributed by atoms with Gasteiger partial charge in [0.15, 0.2) is 0 Å². The van der Waals surface area contributed by atoms with E-state index in [9.17, 15) is 14.4 Å². The van der Waals surface area contributed by atoms with Gasteiger partial charge in [0.05, 0.1) is 23.6 Å². The Bertz CT molecular complexity index is 1140. The van der Waals surface area contributed by atoms with E-state index in [1.54, 1.807) is 24.3 Å². The molecule has 0 radical (unpaired) electrons. The molecule has 7 nitrogen and oxygen atoms in total. The summed E-state index contributed by atoms with van der Waals surface area (Å²) in [5, 5.41) is 14.3. The van der Waals surface area contributed by atoms with Crippen LogP contribution in [-0.4, -0.2) is 34.1 Å². The number of carboxylic acids is 1. The molecule has 1 aromatic heterocycles. The van der Waals surface area contributed by atoms with Crippen molar-refractivity contribution in [1.82, 2.24) is 5.01 Å². The molecule has 3 aliphatic carbocycles. The highest BCUT2D eigenvalue weighted by Crippen LogP contribution is 2.73. The van der Waals surface area contributed by atoms with Gasteiger partial charge in [-0.05, 0) is 54.4 Å². The number of benzene rings is 1. The molecule has 1 spiro atoms. The third-order valence-corrected chi connectivity index (χ3v) is 7.15. The van der Waals surface area contributed by atoms with Crippen molar-refractivity contribution in [2.24, 2.45) is 34.2 Å². The monoisotopic (exact) mass is 402 g/mol. The Balaban J connectivity index is 1.23. The first-order chi connectivity index (χ1) is 14.5. The normalized spacial score (nSPS) is 30.1. The van der Waals surface area contributed by atoms with E-state index in [-0.39, 0.29) is 46.5 Å². The molecule has 1 aromatic carbocycles. The maximum absolute atomic E-state index is 12.9. The van der Waals surface area contributed by atoms with E-state index in [2.05, 4.69) is 17.3 Å². The number of furan rings is 1. The molecule has 0 unspecified atom stereocenters. The minimum atomic E-state index is -1.02. The van der Waals surface area contributed by atoms with E-state index >= 15 is 0 Å². The van der Waals surface area contributed by atoms with Crippen LogP contribution in [0.3, 0.4) is 0 Å². The van der Waals surface area contributed by atoms with E-state index < -0.39 is 5.97 Å². The number of nitrogens with zero attached hydrogens (tertiary/aromatic N) is 2. The molecule has 1 saturated heterocycles. The second-order valence-corrected chi connectivity index (χ2v) is 8.54. The number of hydrogen-bond donors (Lipinski definition) is 1. The molecule has 7 heteroatoms. The van der Waals surface area contributed by atoms with Crippen molar-refractivity contribution in [2.45, 2.75) is 12.8 Å². The Labute approximate surface area is 171 Å². The molecular weight excluding hydrogens is 384 g/mol. The van der Waals surface area contributed by atoms with Gasteiger partial charge in [-0.3, -0.25) is 9.59 Å². The molecule has 4 atom stereocenters. The summed E-state index contributed by atoms with van der Waals surface area (Å²) in [4.78, 5) is 37.0. The summed E-state index contributed by atoms with van der Waals surface area (Å²) >= 11 is 0. The molecule has 1 aliphatic heterocycles. The number of carboxylic acid groups (broad SMARTS) is 1. The van der Waals surface area contributed by atoms with E-state index in [1.807, 2.05) is 0 Å². The van der Waals surface area contributed by atoms with Gasteiger partial charge in [-0.15, -0.1) is 0 Å². The standard InChI is InChI=1S/C23H18N2O5/c26-20-18-15-5-6-16(23(15)8-9-23)19(18)21(27)25(20)24-11-14-4-7-17(30-14)12-2-1-3-13(10-12)22(28)29/h1-7,10-11,15-16,18-19H,8-9H2,(H,28,29)/b24-11-/t15-,16-,18-,19-/m0/s1. The Morgan fingerprint density at radius 2 is 1.80 bits per heavy atom. The van der Waals surface area contributed by atoms with Crippen molar-refractivity contribution >= 4 is 24.0 Å². The molecule has 1 N–H and O–H groups in total. The molecule has 150 valence electrons. The zero-order valence-electron chi connectivity index (χ0n) is 15.9. The lowest BCUT2D eigenvalue weighted by Crippen LogP contribution is -2.30. The van der Waals surface area contributed by atoms with Gasteiger partial charge in [0.2, 0.25) is 0 Å². The number of carbonyl (C=O) groups excluding carboxylic acids is 2. The van der Waals surface area contributed by atoms with E-state index in [0.717, 1.165) is 17.9 Å². The number of aromatic carboxylic acids is 1. The maximum atomic E-state index is 12.9. The maximum Gasteiger partial charge on any atom is 0.335 e. The number of imide groups is 1. The second kappa shape index (κ2) is 5.78. The lowest BCUT2D eigenvalue weighted by Gasteiger charge is -2.18. The Morgan fingerprint density at radius 1 is 1.10 bits per heavy atom. The van der Waals surface area contributed by atoms with Gasteiger partial charge in [-0.2, -0.15) is 10.1 Å². The summed E-state index contributed by atoms with van der Waals surface area (Å²) in [6.45, 7) is 0. The zero-order chi connectivity index (χ0) is 20.6. The Kier molecular flexibility index (Phi) is 3.35. The molecule has 2 heterocycles. The van der Waals surface area contributed by atoms with Crippen molar-refractivity contribution in [3.05, 3.63) is 59.9 Å². The minimum absolute atomic E-state index is 0.163. The highest BCUT2D eigenvalue weighted by Gasteiger charge is 2.73. The van der Waals surface area contributed by atoms with Crippen LogP contribution in [0.25, 0.3) is 11.3 Å². The van der Waals surface area contributed by atoms with Gasteiger partial charge < -0.3 is 9.52 Å². The number of rotatable bonds is 4. The second-order valence-electron chi connectivity index (χ2n) is 8.54. The number of hydrogen-bond acceptors (Lipinski definition) is 5. The molecule has 2 bridgehead atoms. The van der Waals surface area contributed by atoms with Gasteiger partial charge in [0, 0.05) is 5.56 Å². The summed E-state index contributed by atoms with van der Waals surface area (Å²) in [7, 11) is 0. The highest BCUT2D eigenvalue weighted by atomic mass is 16.4. The molecule has 2 aromatic rings. The van der Waals surface area contributed by atoms with Crippen LogP contribution in [0.4, 0.5) is 0 Å². The topological polar surface area (TPSA) is 100 Å². The first kappa shape index (κ1) is 17.4. The number of allylic oxidation sites excluding steroid dienone is 2. The molecule has 30 heavy (non-hydrogen) atoms. The molecule has 3 fully saturated rings. The predicted octanol–water partition coefficient (Wildman–Crippen LogP) is 3.18. The quantitative estimate of drug-likeness (QED) is 0.481. The van der Waals surface area contributed by atoms with Crippen molar-refractivity contribution in [3.63, 3.8) is 0 Å². The smallest absolute Gasteiger partial charge is 0.335 e. The third kappa shape index (κ3) is 2.20. The summed E-state index contributed by atoms with van der Waals surface area (Å²) < 4.78 is 5.72. The zero-order valence-corrected chi connectivity index (χ0v) is 15.9. The number of amides is 2. The van der Waals surface area contributed by atoms with Gasteiger partial charge in [0.1, 0.15) is 11.5 Å². The fraction of sp³-hybridized carbons (Fsp3) is 0.304. The van der Waals surface area contributed by atoms with Gasteiger partial charge in [0.25, 0.3) is 11.8 Å². The van der Waals surface area contributed by atoms with E-state index in [4.69, 9.17) is 9.52 Å². The van der Waals surface area contributed by atoms with Gasteiger partial charge >= 0.3 is 5.97 Å². The highest BCUT2D eigenvalue weighted by molar-refractivity contribution is 6.07. The number of carbonyl (C=O) groups is 3. The molecule has 2 saturated carbocycles. The van der Waals surface area contributed by atoms with Crippen LogP contribution < -0.4 is 0 Å². The van der Waals surface area contributed by atoms with Crippen LogP contribution in [-0.2, 0) is 9.59 Å². The summed E-state index contributed by atoms with van der Waals surface area (Å²) in [5.74, 6) is -0.816. The fourth-order valence-corrected chi connectivity index (χ4v) is 5.67. The van der Waals surface area contributed by atoms with Crippen molar-refractivity contribution in [2.75, 3.05) is 0 Å². The number of hydrazone groups is 1.